The second-order valence-electron chi connectivity index (χ2n) is 7.44. The molecule has 1 fully saturated rings. The van der Waals surface area contributed by atoms with E-state index >= 15 is 0 Å². The van der Waals surface area contributed by atoms with Gasteiger partial charge in [-0.15, -0.1) is 11.3 Å². The Morgan fingerprint density at radius 3 is 2.44 bits per heavy atom. The first-order valence-electron chi connectivity index (χ1n) is 8.53. The fourth-order valence-electron chi connectivity index (χ4n) is 2.90. The van der Waals surface area contributed by atoms with Gasteiger partial charge in [-0.1, -0.05) is 38.4 Å². The maximum Gasteiger partial charge on any atom is 0.265 e. The number of hydrogen-bond donors (Lipinski definition) is 0. The van der Waals surface area contributed by atoms with Crippen molar-refractivity contribution < 1.29 is 4.79 Å². The molecule has 4 nitrogen and oxygen atoms in total. The van der Waals surface area contributed by atoms with Crippen LogP contribution in [0.1, 0.15) is 41.1 Å². The van der Waals surface area contributed by atoms with E-state index in [4.69, 9.17) is 11.6 Å². The number of aryl methyl sites for hydroxylation is 1. The van der Waals surface area contributed by atoms with Crippen LogP contribution in [0.15, 0.2) is 24.3 Å². The SMILES string of the molecule is Cc1nc(C(C)(C)C)sc1C(=O)N1CCN(c2cccc(Cl)c2)CC1. The molecule has 1 saturated heterocycles. The summed E-state index contributed by atoms with van der Waals surface area (Å²) in [6.07, 6.45) is 0. The Hall–Kier alpha value is -1.59. The van der Waals surface area contributed by atoms with Crippen LogP contribution in [0.5, 0.6) is 0 Å². The lowest BCUT2D eigenvalue weighted by molar-refractivity contribution is 0.0750. The minimum Gasteiger partial charge on any atom is -0.368 e. The van der Waals surface area contributed by atoms with Gasteiger partial charge in [0.1, 0.15) is 4.88 Å². The molecule has 1 aromatic carbocycles. The molecule has 0 bridgehead atoms. The van der Waals surface area contributed by atoms with E-state index in [9.17, 15) is 4.79 Å². The molecular formula is C19H24ClN3OS. The lowest BCUT2D eigenvalue weighted by atomic mass is 9.98. The number of carbonyl (C=O) groups excluding carboxylic acids is 1. The maximum absolute atomic E-state index is 12.9. The summed E-state index contributed by atoms with van der Waals surface area (Å²) in [5.74, 6) is 0.108. The number of thiazole rings is 1. The van der Waals surface area contributed by atoms with E-state index in [1.54, 1.807) is 0 Å². The average Bonchev–Trinajstić information content (AvgIpc) is 2.96. The number of carbonyl (C=O) groups is 1. The van der Waals surface area contributed by atoms with Crippen LogP contribution in [0.2, 0.25) is 5.02 Å². The van der Waals surface area contributed by atoms with Gasteiger partial charge in [-0.05, 0) is 25.1 Å². The van der Waals surface area contributed by atoms with Crippen LogP contribution >= 0.6 is 22.9 Å². The minimum atomic E-state index is -0.0285. The molecule has 6 heteroatoms. The summed E-state index contributed by atoms with van der Waals surface area (Å²) in [4.78, 5) is 22.5. The monoisotopic (exact) mass is 377 g/mol. The molecule has 1 amide bonds. The van der Waals surface area contributed by atoms with E-state index in [0.717, 1.165) is 39.4 Å². The highest BCUT2D eigenvalue weighted by Crippen LogP contribution is 2.30. The smallest absolute Gasteiger partial charge is 0.265 e. The number of aromatic nitrogens is 1. The lowest BCUT2D eigenvalue weighted by Gasteiger charge is -2.36. The van der Waals surface area contributed by atoms with Crippen molar-refractivity contribution >= 4 is 34.5 Å². The number of piperazine rings is 1. The summed E-state index contributed by atoms with van der Waals surface area (Å²) in [6.45, 7) is 11.4. The van der Waals surface area contributed by atoms with Crippen molar-refractivity contribution in [2.24, 2.45) is 0 Å². The van der Waals surface area contributed by atoms with Gasteiger partial charge < -0.3 is 9.80 Å². The molecule has 0 atom stereocenters. The van der Waals surface area contributed by atoms with Crippen LogP contribution in [0.3, 0.4) is 0 Å². The Morgan fingerprint density at radius 2 is 1.88 bits per heavy atom. The molecule has 2 aromatic rings. The van der Waals surface area contributed by atoms with Crippen molar-refractivity contribution in [3.8, 4) is 0 Å². The third-order valence-corrected chi connectivity index (χ3v) is 6.18. The summed E-state index contributed by atoms with van der Waals surface area (Å²) < 4.78 is 0. The van der Waals surface area contributed by atoms with Crippen molar-refractivity contribution in [3.63, 3.8) is 0 Å². The Balaban J connectivity index is 1.69. The average molecular weight is 378 g/mol. The van der Waals surface area contributed by atoms with Crippen LogP contribution in [0.4, 0.5) is 5.69 Å². The first-order valence-corrected chi connectivity index (χ1v) is 9.73. The van der Waals surface area contributed by atoms with Crippen LogP contribution in [-0.4, -0.2) is 42.0 Å². The number of amides is 1. The van der Waals surface area contributed by atoms with Gasteiger partial charge in [-0.3, -0.25) is 4.79 Å². The third kappa shape index (κ3) is 3.98. The van der Waals surface area contributed by atoms with Gasteiger partial charge in [-0.2, -0.15) is 0 Å². The number of benzene rings is 1. The summed E-state index contributed by atoms with van der Waals surface area (Å²) in [6, 6.07) is 7.88. The predicted molar refractivity (Wildman–Crippen MR) is 105 cm³/mol. The lowest BCUT2D eigenvalue weighted by Crippen LogP contribution is -2.48. The van der Waals surface area contributed by atoms with Gasteiger partial charge in [0.15, 0.2) is 0 Å². The van der Waals surface area contributed by atoms with Crippen molar-refractivity contribution in [1.82, 2.24) is 9.88 Å². The van der Waals surface area contributed by atoms with Crippen LogP contribution in [0.25, 0.3) is 0 Å². The van der Waals surface area contributed by atoms with Crippen molar-refractivity contribution in [2.75, 3.05) is 31.1 Å². The number of halogens is 1. The molecule has 0 radical (unpaired) electrons. The molecule has 2 heterocycles. The van der Waals surface area contributed by atoms with Crippen molar-refractivity contribution in [3.05, 3.63) is 44.9 Å². The molecular weight excluding hydrogens is 354 g/mol. The molecule has 1 aliphatic rings. The second-order valence-corrected chi connectivity index (χ2v) is 8.88. The molecule has 0 spiro atoms. The van der Waals surface area contributed by atoms with E-state index in [2.05, 4.69) is 36.7 Å². The maximum atomic E-state index is 12.9. The van der Waals surface area contributed by atoms with Crippen LogP contribution < -0.4 is 4.90 Å². The Labute approximate surface area is 158 Å². The summed E-state index contributed by atoms with van der Waals surface area (Å²) in [5.41, 5.74) is 1.93. The zero-order valence-corrected chi connectivity index (χ0v) is 16.7. The first kappa shape index (κ1) is 18.2. The van der Waals surface area contributed by atoms with Gasteiger partial charge in [-0.25, -0.2) is 4.98 Å². The molecule has 3 rings (SSSR count). The van der Waals surface area contributed by atoms with Gasteiger partial charge in [0.2, 0.25) is 0 Å². The van der Waals surface area contributed by atoms with Crippen molar-refractivity contribution in [1.29, 1.82) is 0 Å². The quantitative estimate of drug-likeness (QED) is 0.779. The highest BCUT2D eigenvalue weighted by Gasteiger charge is 2.28. The van der Waals surface area contributed by atoms with Crippen LogP contribution in [-0.2, 0) is 5.41 Å². The standard InChI is InChI=1S/C19H24ClN3OS/c1-13-16(25-18(21-13)19(2,3)4)17(24)23-10-8-22(9-11-23)15-7-5-6-14(20)12-15/h5-7,12H,8-11H2,1-4H3. The first-order chi connectivity index (χ1) is 11.8. The molecule has 134 valence electrons. The van der Waals surface area contributed by atoms with E-state index in [-0.39, 0.29) is 11.3 Å². The summed E-state index contributed by atoms with van der Waals surface area (Å²) in [5, 5.41) is 1.76. The molecule has 0 N–H and O–H groups in total. The van der Waals surface area contributed by atoms with E-state index in [1.807, 2.05) is 30.0 Å². The number of anilines is 1. The number of hydrogen-bond acceptors (Lipinski definition) is 4. The molecule has 0 aliphatic carbocycles. The van der Waals surface area contributed by atoms with Gasteiger partial charge in [0, 0.05) is 42.3 Å². The summed E-state index contributed by atoms with van der Waals surface area (Å²) >= 11 is 7.62. The molecule has 0 unspecified atom stereocenters. The van der Waals surface area contributed by atoms with Crippen LogP contribution in [0, 0.1) is 6.92 Å². The fraction of sp³-hybridized carbons (Fsp3) is 0.474. The van der Waals surface area contributed by atoms with E-state index in [0.29, 0.717) is 13.1 Å². The van der Waals surface area contributed by atoms with E-state index in [1.165, 1.54) is 11.3 Å². The topological polar surface area (TPSA) is 36.4 Å². The molecule has 25 heavy (non-hydrogen) atoms. The van der Waals surface area contributed by atoms with Gasteiger partial charge >= 0.3 is 0 Å². The van der Waals surface area contributed by atoms with E-state index < -0.39 is 0 Å². The number of nitrogens with zero attached hydrogens (tertiary/aromatic N) is 3. The predicted octanol–water partition coefficient (Wildman–Crippen LogP) is 4.36. The Kier molecular flexibility index (Phi) is 5.07. The highest BCUT2D eigenvalue weighted by molar-refractivity contribution is 7.14. The van der Waals surface area contributed by atoms with Gasteiger partial charge in [0.05, 0.1) is 10.7 Å². The normalized spacial score (nSPS) is 15.6. The Bertz CT molecular complexity index is 773. The fourth-order valence-corrected chi connectivity index (χ4v) is 4.18. The third-order valence-electron chi connectivity index (χ3n) is 4.37. The highest BCUT2D eigenvalue weighted by atomic mass is 35.5. The largest absolute Gasteiger partial charge is 0.368 e. The second kappa shape index (κ2) is 6.96. The summed E-state index contributed by atoms with van der Waals surface area (Å²) in [7, 11) is 0. The molecule has 1 aromatic heterocycles. The zero-order valence-electron chi connectivity index (χ0n) is 15.2. The Morgan fingerprint density at radius 1 is 1.20 bits per heavy atom. The van der Waals surface area contributed by atoms with Gasteiger partial charge in [0.25, 0.3) is 5.91 Å². The minimum absolute atomic E-state index is 0.0285. The zero-order chi connectivity index (χ0) is 18.2. The molecule has 0 saturated carbocycles. The number of rotatable bonds is 2. The molecule has 1 aliphatic heterocycles. The van der Waals surface area contributed by atoms with Crippen molar-refractivity contribution in [2.45, 2.75) is 33.1 Å².